The molecular formula is C23H23NO6. The third-order valence-corrected chi connectivity index (χ3v) is 4.53. The van der Waals surface area contributed by atoms with E-state index >= 15 is 0 Å². The van der Waals surface area contributed by atoms with Crippen molar-refractivity contribution in [3.63, 3.8) is 0 Å². The third-order valence-electron chi connectivity index (χ3n) is 4.53. The second kappa shape index (κ2) is 10.2. The first-order valence-electron chi connectivity index (χ1n) is 9.66. The lowest BCUT2D eigenvalue weighted by Gasteiger charge is -2.07. The molecular weight excluding hydrogens is 386 g/mol. The second-order valence-corrected chi connectivity index (χ2v) is 6.66. The summed E-state index contributed by atoms with van der Waals surface area (Å²) in [5, 5.41) is 3.32. The number of hydrogen-bond acceptors (Lipinski definition) is 6. The Balaban J connectivity index is 1.37. The maximum Gasteiger partial charge on any atom is 0.349 e. The maximum atomic E-state index is 12.2. The molecule has 0 bridgehead atoms. The van der Waals surface area contributed by atoms with E-state index in [9.17, 15) is 14.4 Å². The van der Waals surface area contributed by atoms with Gasteiger partial charge in [0.1, 0.15) is 16.9 Å². The molecule has 0 unspecified atom stereocenters. The molecule has 0 aliphatic carbocycles. The van der Waals surface area contributed by atoms with E-state index < -0.39 is 11.5 Å². The molecule has 0 radical (unpaired) electrons. The van der Waals surface area contributed by atoms with Gasteiger partial charge >= 0.3 is 11.6 Å². The standard InChI is InChI=1S/C23H23NO6/c1-28-18-10-7-16(8-11-18)9-12-21(25)29-14-4-13-24-22(26)19-15-17-5-2-3-6-20(17)30-23(19)27/h2-3,5-8,10-11,15H,4,9,12-14H2,1H3,(H,24,26). The smallest absolute Gasteiger partial charge is 0.349 e. The first-order valence-corrected chi connectivity index (χ1v) is 9.66. The van der Waals surface area contributed by atoms with Gasteiger partial charge in [0.2, 0.25) is 0 Å². The van der Waals surface area contributed by atoms with Crippen molar-refractivity contribution in [2.75, 3.05) is 20.3 Å². The normalized spacial score (nSPS) is 10.6. The lowest BCUT2D eigenvalue weighted by Crippen LogP contribution is -2.29. The van der Waals surface area contributed by atoms with E-state index in [-0.39, 0.29) is 31.1 Å². The van der Waals surface area contributed by atoms with Crippen molar-refractivity contribution in [2.24, 2.45) is 0 Å². The average Bonchev–Trinajstić information content (AvgIpc) is 2.77. The highest BCUT2D eigenvalue weighted by atomic mass is 16.5. The summed E-state index contributed by atoms with van der Waals surface area (Å²) in [7, 11) is 1.60. The lowest BCUT2D eigenvalue weighted by atomic mass is 10.1. The second-order valence-electron chi connectivity index (χ2n) is 6.66. The molecule has 0 aliphatic heterocycles. The number of para-hydroxylation sites is 1. The monoisotopic (exact) mass is 409 g/mol. The van der Waals surface area contributed by atoms with Gasteiger partial charge in [-0.05, 0) is 42.7 Å². The van der Waals surface area contributed by atoms with Crippen LogP contribution in [0.3, 0.4) is 0 Å². The minimum absolute atomic E-state index is 0.0508. The van der Waals surface area contributed by atoms with Crippen LogP contribution in [0, 0.1) is 0 Å². The molecule has 1 heterocycles. The van der Waals surface area contributed by atoms with Crippen LogP contribution >= 0.6 is 0 Å². The molecule has 7 heteroatoms. The van der Waals surface area contributed by atoms with Crippen LogP contribution in [0.5, 0.6) is 5.75 Å². The number of ether oxygens (including phenoxy) is 2. The Labute approximate surface area is 173 Å². The largest absolute Gasteiger partial charge is 0.497 e. The topological polar surface area (TPSA) is 94.8 Å². The van der Waals surface area contributed by atoms with Crippen molar-refractivity contribution in [1.82, 2.24) is 5.32 Å². The maximum absolute atomic E-state index is 12.2. The summed E-state index contributed by atoms with van der Waals surface area (Å²) in [6.07, 6.45) is 1.30. The summed E-state index contributed by atoms with van der Waals surface area (Å²) < 4.78 is 15.4. The molecule has 0 spiro atoms. The first-order chi connectivity index (χ1) is 14.6. The Morgan fingerprint density at radius 1 is 1.07 bits per heavy atom. The summed E-state index contributed by atoms with van der Waals surface area (Å²) in [6.45, 7) is 0.463. The average molecular weight is 409 g/mol. The third kappa shape index (κ3) is 5.70. The number of benzene rings is 2. The van der Waals surface area contributed by atoms with Crippen LogP contribution in [-0.2, 0) is 16.0 Å². The molecule has 1 aromatic heterocycles. The number of esters is 1. The number of carbonyl (C=O) groups is 2. The zero-order valence-corrected chi connectivity index (χ0v) is 16.7. The van der Waals surface area contributed by atoms with Crippen molar-refractivity contribution in [2.45, 2.75) is 19.3 Å². The lowest BCUT2D eigenvalue weighted by molar-refractivity contribution is -0.143. The van der Waals surface area contributed by atoms with Crippen LogP contribution in [0.1, 0.15) is 28.8 Å². The molecule has 3 rings (SSSR count). The van der Waals surface area contributed by atoms with Gasteiger partial charge < -0.3 is 19.2 Å². The van der Waals surface area contributed by atoms with Crippen molar-refractivity contribution in [1.29, 1.82) is 0 Å². The van der Waals surface area contributed by atoms with Gasteiger partial charge in [0, 0.05) is 18.4 Å². The number of rotatable bonds is 9. The zero-order chi connectivity index (χ0) is 21.3. The minimum Gasteiger partial charge on any atom is -0.497 e. The summed E-state index contributed by atoms with van der Waals surface area (Å²) in [4.78, 5) is 36.0. The number of hydrogen-bond donors (Lipinski definition) is 1. The van der Waals surface area contributed by atoms with E-state index in [2.05, 4.69) is 5.32 Å². The van der Waals surface area contributed by atoms with Gasteiger partial charge in [0.25, 0.3) is 5.91 Å². The highest BCUT2D eigenvalue weighted by Gasteiger charge is 2.13. The SMILES string of the molecule is COc1ccc(CCC(=O)OCCCNC(=O)c2cc3ccccc3oc2=O)cc1. The fourth-order valence-electron chi connectivity index (χ4n) is 2.89. The molecule has 0 aliphatic rings. The van der Waals surface area contributed by atoms with E-state index in [0.29, 0.717) is 23.8 Å². The van der Waals surface area contributed by atoms with E-state index in [4.69, 9.17) is 13.9 Å². The molecule has 0 fully saturated rings. The zero-order valence-electron chi connectivity index (χ0n) is 16.7. The van der Waals surface area contributed by atoms with Crippen molar-refractivity contribution < 1.29 is 23.5 Å². The van der Waals surface area contributed by atoms with Crippen LogP contribution in [0.15, 0.2) is 63.8 Å². The molecule has 3 aromatic rings. The van der Waals surface area contributed by atoms with Crippen LogP contribution < -0.4 is 15.7 Å². The highest BCUT2D eigenvalue weighted by molar-refractivity contribution is 5.96. The Bertz CT molecular complexity index is 1070. The Hall–Kier alpha value is -3.61. The Kier molecular flexibility index (Phi) is 7.21. The highest BCUT2D eigenvalue weighted by Crippen LogP contribution is 2.13. The van der Waals surface area contributed by atoms with E-state index in [1.807, 2.05) is 24.3 Å². The van der Waals surface area contributed by atoms with Gasteiger partial charge in [-0.2, -0.15) is 0 Å². The van der Waals surface area contributed by atoms with Gasteiger partial charge in [0.05, 0.1) is 13.7 Å². The minimum atomic E-state index is -0.684. The van der Waals surface area contributed by atoms with Crippen LogP contribution in [0.25, 0.3) is 11.0 Å². The Morgan fingerprint density at radius 3 is 2.60 bits per heavy atom. The summed E-state index contributed by atoms with van der Waals surface area (Å²) in [5.41, 5.74) is 0.719. The molecule has 30 heavy (non-hydrogen) atoms. The van der Waals surface area contributed by atoms with Gasteiger partial charge in [-0.15, -0.1) is 0 Å². The number of aryl methyl sites for hydroxylation is 1. The quantitative estimate of drug-likeness (QED) is 0.332. The number of methoxy groups -OCH3 is 1. The van der Waals surface area contributed by atoms with E-state index in [0.717, 1.165) is 11.3 Å². The fourth-order valence-corrected chi connectivity index (χ4v) is 2.89. The van der Waals surface area contributed by atoms with Gasteiger partial charge in [0.15, 0.2) is 0 Å². The first kappa shape index (κ1) is 21.1. The summed E-state index contributed by atoms with van der Waals surface area (Å²) in [6, 6.07) is 16.0. The fraction of sp³-hybridized carbons (Fsp3) is 0.261. The van der Waals surface area contributed by atoms with Gasteiger partial charge in [-0.3, -0.25) is 9.59 Å². The Morgan fingerprint density at radius 2 is 1.83 bits per heavy atom. The van der Waals surface area contributed by atoms with E-state index in [1.165, 1.54) is 6.07 Å². The summed E-state index contributed by atoms with van der Waals surface area (Å²) >= 11 is 0. The van der Waals surface area contributed by atoms with Gasteiger partial charge in [-0.1, -0.05) is 30.3 Å². The van der Waals surface area contributed by atoms with Crippen molar-refractivity contribution in [3.8, 4) is 5.75 Å². The van der Waals surface area contributed by atoms with Crippen LogP contribution in [0.2, 0.25) is 0 Å². The van der Waals surface area contributed by atoms with Crippen molar-refractivity contribution in [3.05, 3.63) is 76.1 Å². The number of fused-ring (bicyclic) bond motifs is 1. The predicted octanol–water partition coefficient (Wildman–Crippen LogP) is 3.10. The van der Waals surface area contributed by atoms with Gasteiger partial charge in [-0.25, -0.2) is 4.79 Å². The number of amides is 1. The molecule has 2 aromatic carbocycles. The molecule has 156 valence electrons. The molecule has 1 amide bonds. The number of nitrogens with one attached hydrogen (secondary N) is 1. The molecule has 1 N–H and O–H groups in total. The van der Waals surface area contributed by atoms with E-state index in [1.54, 1.807) is 31.4 Å². The molecule has 0 saturated heterocycles. The number of carbonyl (C=O) groups excluding carboxylic acids is 2. The summed E-state index contributed by atoms with van der Waals surface area (Å²) in [5.74, 6) is -0.0440. The molecule has 0 atom stereocenters. The van der Waals surface area contributed by atoms with Crippen LogP contribution in [-0.4, -0.2) is 32.1 Å². The molecule has 0 saturated carbocycles. The predicted molar refractivity (Wildman–Crippen MR) is 112 cm³/mol. The molecule has 7 nitrogen and oxygen atoms in total. The van der Waals surface area contributed by atoms with Crippen molar-refractivity contribution >= 4 is 22.8 Å². The van der Waals surface area contributed by atoms with Crippen LogP contribution in [0.4, 0.5) is 0 Å².